The van der Waals surface area contributed by atoms with Gasteiger partial charge in [-0.15, -0.1) is 0 Å². The molecule has 15 nitrogen and oxygen atoms in total. The molecule has 0 aliphatic heterocycles. The molecule has 5 N–H and O–H groups in total. The van der Waals surface area contributed by atoms with Crippen LogP contribution in [0.3, 0.4) is 0 Å². The summed E-state index contributed by atoms with van der Waals surface area (Å²) in [7, 11) is -0.464. The van der Waals surface area contributed by atoms with Crippen molar-refractivity contribution in [2.24, 2.45) is 10.2 Å². The lowest BCUT2D eigenvalue weighted by atomic mass is 10.1. The zero-order valence-corrected chi connectivity index (χ0v) is 33.2. The Morgan fingerprint density at radius 3 is 2.02 bits per heavy atom. The van der Waals surface area contributed by atoms with Crippen molar-refractivity contribution in [1.82, 2.24) is 16.0 Å². The molecular formula is C43H43N7O8S. The summed E-state index contributed by atoms with van der Waals surface area (Å²) in [6.07, 6.45) is -0.234. The number of nitrogens with zero attached hydrogens (tertiary/aromatic N) is 3. The number of benzene rings is 5. The number of hydrogen-bond donors (Lipinski definition) is 5. The molecule has 0 heterocycles. The van der Waals surface area contributed by atoms with Crippen LogP contribution in [-0.4, -0.2) is 77.0 Å². The summed E-state index contributed by atoms with van der Waals surface area (Å²) in [6.45, 7) is 0.284. The second-order valence-electron chi connectivity index (χ2n) is 13.2. The molecule has 0 atom stereocenters. The van der Waals surface area contributed by atoms with Crippen molar-refractivity contribution < 1.29 is 36.9 Å². The van der Waals surface area contributed by atoms with E-state index in [1.165, 1.54) is 12.1 Å². The van der Waals surface area contributed by atoms with Crippen LogP contribution in [0.4, 0.5) is 22.7 Å². The Balaban J connectivity index is 0.928. The molecule has 0 saturated carbocycles. The summed E-state index contributed by atoms with van der Waals surface area (Å²) in [5.74, 6) is 3.86. The average molecular weight is 818 g/mol. The molecular weight excluding hydrogens is 775 g/mol. The fraction of sp³-hybridized carbons (Fsp3) is 0.209. The molecule has 0 aliphatic rings. The normalized spacial score (nSPS) is 11.0. The first kappa shape index (κ1) is 43.0. The van der Waals surface area contributed by atoms with E-state index in [1.54, 1.807) is 60.7 Å². The molecule has 16 heteroatoms. The van der Waals surface area contributed by atoms with Gasteiger partial charge in [0.25, 0.3) is 16.0 Å². The van der Waals surface area contributed by atoms with Crippen LogP contribution in [-0.2, 0) is 35.8 Å². The van der Waals surface area contributed by atoms with Gasteiger partial charge in [-0.3, -0.25) is 23.7 Å². The summed E-state index contributed by atoms with van der Waals surface area (Å²) < 4.78 is 38.0. The minimum absolute atomic E-state index is 0.0974. The van der Waals surface area contributed by atoms with Crippen molar-refractivity contribution in [2.75, 3.05) is 50.6 Å². The van der Waals surface area contributed by atoms with Gasteiger partial charge in [0.15, 0.2) is 6.61 Å². The maximum atomic E-state index is 12.7. The Kier molecular flexibility index (Phi) is 15.2. The Labute approximate surface area is 342 Å². The molecule has 304 valence electrons. The number of carbonyl (C=O) groups excluding carboxylic acids is 4. The molecule has 5 aromatic rings. The summed E-state index contributed by atoms with van der Waals surface area (Å²) in [4.78, 5) is 50.9. The van der Waals surface area contributed by atoms with Gasteiger partial charge in [0.1, 0.15) is 11.4 Å². The van der Waals surface area contributed by atoms with Crippen molar-refractivity contribution in [3.8, 4) is 11.8 Å². The van der Waals surface area contributed by atoms with E-state index in [2.05, 4.69) is 43.3 Å². The molecule has 0 saturated heterocycles. The van der Waals surface area contributed by atoms with Crippen molar-refractivity contribution in [3.05, 3.63) is 126 Å². The molecule has 0 radical (unpaired) electrons. The van der Waals surface area contributed by atoms with E-state index in [1.807, 2.05) is 55.4 Å². The van der Waals surface area contributed by atoms with Gasteiger partial charge >= 0.3 is 5.97 Å². The lowest BCUT2D eigenvalue weighted by molar-refractivity contribution is -0.142. The lowest BCUT2D eigenvalue weighted by Crippen LogP contribution is -2.33. The van der Waals surface area contributed by atoms with Crippen molar-refractivity contribution in [3.63, 3.8) is 0 Å². The van der Waals surface area contributed by atoms with E-state index in [9.17, 15) is 32.1 Å². The number of hydrogen-bond acceptors (Lipinski definition) is 11. The Morgan fingerprint density at radius 1 is 0.729 bits per heavy atom. The van der Waals surface area contributed by atoms with Gasteiger partial charge in [-0.05, 0) is 78.4 Å². The maximum Gasteiger partial charge on any atom is 0.326 e. The number of carbonyl (C=O) groups is 4. The quantitative estimate of drug-likeness (QED) is 0.0261. The Bertz CT molecular complexity index is 2480. The lowest BCUT2D eigenvalue weighted by Gasteiger charge is -2.12. The molecule has 59 heavy (non-hydrogen) atoms. The maximum absolute atomic E-state index is 12.7. The molecule has 5 aromatic carbocycles. The SMILES string of the molecule is CN(C)c1ccc(N=Nc2ccc(C(=O)NCc3ccc(C#CCOC(=O)CNC(=O)CCC(=O)NCCNc4cccc5c(S(=O)(=O)O)cccc45)cc3)cc2)cc1. The van der Waals surface area contributed by atoms with Crippen molar-refractivity contribution in [2.45, 2.75) is 24.3 Å². The van der Waals surface area contributed by atoms with E-state index in [0.717, 1.165) is 16.9 Å². The molecule has 0 aliphatic carbocycles. The van der Waals surface area contributed by atoms with Gasteiger partial charge in [-0.2, -0.15) is 18.6 Å². The second kappa shape index (κ2) is 20.9. The van der Waals surface area contributed by atoms with Crippen LogP contribution in [0.5, 0.6) is 0 Å². The molecule has 3 amide bonds. The number of azo groups is 1. The van der Waals surface area contributed by atoms with Crippen LogP contribution in [0.1, 0.15) is 34.3 Å². The third kappa shape index (κ3) is 13.5. The number of amides is 3. The Morgan fingerprint density at radius 2 is 1.36 bits per heavy atom. The van der Waals surface area contributed by atoms with Crippen molar-refractivity contribution >= 4 is 67.3 Å². The average Bonchev–Trinajstić information content (AvgIpc) is 3.23. The highest BCUT2D eigenvalue weighted by Crippen LogP contribution is 2.28. The summed E-state index contributed by atoms with van der Waals surface area (Å²) in [5.41, 5.74) is 5.07. The predicted octanol–water partition coefficient (Wildman–Crippen LogP) is 5.52. The summed E-state index contributed by atoms with van der Waals surface area (Å²) in [6, 6.07) is 31.3. The van der Waals surface area contributed by atoms with E-state index >= 15 is 0 Å². The first-order valence-electron chi connectivity index (χ1n) is 18.4. The molecule has 5 rings (SSSR count). The fourth-order valence-electron chi connectivity index (χ4n) is 5.54. The highest BCUT2D eigenvalue weighted by Gasteiger charge is 2.15. The van der Waals surface area contributed by atoms with E-state index < -0.39 is 22.0 Å². The van der Waals surface area contributed by atoms with Crippen LogP contribution >= 0.6 is 0 Å². The van der Waals surface area contributed by atoms with Crippen LogP contribution in [0, 0.1) is 11.8 Å². The summed E-state index contributed by atoms with van der Waals surface area (Å²) in [5, 5.41) is 20.6. The van der Waals surface area contributed by atoms with E-state index in [-0.39, 0.29) is 49.2 Å². The van der Waals surface area contributed by atoms with Gasteiger partial charge in [-0.25, -0.2) is 0 Å². The van der Waals surface area contributed by atoms with Crippen molar-refractivity contribution in [1.29, 1.82) is 0 Å². The van der Waals surface area contributed by atoms with Gasteiger partial charge in [0.05, 0.1) is 11.4 Å². The number of ether oxygens (including phenoxy) is 1. The first-order chi connectivity index (χ1) is 28.4. The van der Waals surface area contributed by atoms with Crippen LogP contribution in [0.25, 0.3) is 10.8 Å². The zero-order chi connectivity index (χ0) is 42.2. The number of rotatable bonds is 17. The number of anilines is 2. The third-order valence-electron chi connectivity index (χ3n) is 8.65. The Hall–Kier alpha value is -7.09. The second-order valence-corrected chi connectivity index (χ2v) is 14.6. The zero-order valence-electron chi connectivity index (χ0n) is 32.4. The van der Waals surface area contributed by atoms with Gasteiger partial charge in [0, 0.05) is 79.8 Å². The topological polar surface area (TPSA) is 208 Å². The van der Waals surface area contributed by atoms with E-state index in [0.29, 0.717) is 46.4 Å². The molecule has 0 unspecified atom stereocenters. The fourth-order valence-corrected chi connectivity index (χ4v) is 6.25. The number of fused-ring (bicyclic) bond motifs is 1. The van der Waals surface area contributed by atoms with Crippen LogP contribution in [0.15, 0.2) is 124 Å². The minimum Gasteiger partial charge on any atom is -0.451 e. The molecule has 0 spiro atoms. The molecule has 0 fully saturated rings. The van der Waals surface area contributed by atoms with Crippen LogP contribution < -0.4 is 26.2 Å². The standard InChI is InChI=1S/C43H43N7O8S/c1-50(2)35-21-19-34(20-22-35)49-48-33-17-15-32(16-18-33)43(54)47-28-31-13-11-30(12-14-31)6-5-27-58-42(53)29-46-41(52)24-23-40(51)45-26-25-44-38-9-3-8-37-36(38)7-4-10-39(37)59(55,56)57/h3-4,7-22,44H,23-29H2,1-2H3,(H,45,51)(H,46,52)(H,47,54)(H,55,56,57). The van der Waals surface area contributed by atoms with E-state index in [4.69, 9.17) is 4.74 Å². The number of nitrogens with one attached hydrogen (secondary N) is 4. The molecule has 0 aromatic heterocycles. The predicted molar refractivity (Wildman–Crippen MR) is 224 cm³/mol. The van der Waals surface area contributed by atoms with Crippen LogP contribution in [0.2, 0.25) is 0 Å². The summed E-state index contributed by atoms with van der Waals surface area (Å²) >= 11 is 0. The monoisotopic (exact) mass is 817 g/mol. The highest BCUT2D eigenvalue weighted by atomic mass is 32.2. The smallest absolute Gasteiger partial charge is 0.326 e. The van der Waals surface area contributed by atoms with Gasteiger partial charge in [0.2, 0.25) is 11.8 Å². The van der Waals surface area contributed by atoms with Gasteiger partial charge in [-0.1, -0.05) is 48.2 Å². The minimum atomic E-state index is -4.40. The molecule has 0 bridgehead atoms. The first-order valence-corrected chi connectivity index (χ1v) is 19.9. The number of esters is 1. The van der Waals surface area contributed by atoms with Gasteiger partial charge < -0.3 is 30.9 Å². The third-order valence-corrected chi connectivity index (χ3v) is 9.57. The largest absolute Gasteiger partial charge is 0.451 e. The highest BCUT2D eigenvalue weighted by molar-refractivity contribution is 7.86.